The van der Waals surface area contributed by atoms with Crippen molar-refractivity contribution < 1.29 is 18.0 Å². The van der Waals surface area contributed by atoms with Crippen molar-refractivity contribution >= 4 is 65.8 Å². The minimum Gasteiger partial charge on any atom is -0.360 e. The van der Waals surface area contributed by atoms with Crippen LogP contribution in [-0.2, 0) is 9.84 Å². The van der Waals surface area contributed by atoms with Gasteiger partial charge in [0.15, 0.2) is 0 Å². The average Bonchev–Trinajstić information content (AvgIpc) is 2.48. The molecule has 0 fully saturated rings. The van der Waals surface area contributed by atoms with Crippen LogP contribution >= 0.6 is 45.2 Å². The molecule has 112 valence electrons. The average molecular weight is 538 g/mol. The Labute approximate surface area is 154 Å². The van der Waals surface area contributed by atoms with E-state index in [1.165, 1.54) is 24.3 Å². The van der Waals surface area contributed by atoms with Crippen LogP contribution in [0.5, 0.6) is 0 Å². The van der Waals surface area contributed by atoms with Gasteiger partial charge in [-0.25, -0.2) is 8.42 Å². The lowest BCUT2D eigenvalue weighted by Crippen LogP contribution is -2.26. The normalized spacial score (nSPS) is 10.8. The van der Waals surface area contributed by atoms with E-state index in [2.05, 4.69) is 27.4 Å². The maximum atomic E-state index is 12.4. The third-order valence-corrected chi connectivity index (χ3v) is 5.88. The quantitative estimate of drug-likeness (QED) is 0.150. The fourth-order valence-electron chi connectivity index (χ4n) is 1.67. The molecule has 8 heteroatoms. The third kappa shape index (κ3) is 3.62. The number of carbonyl (C=O) groups is 1. The van der Waals surface area contributed by atoms with Crippen molar-refractivity contribution in [3.8, 4) is 0 Å². The highest BCUT2D eigenvalue weighted by Crippen LogP contribution is 2.17. The van der Waals surface area contributed by atoms with Crippen molar-refractivity contribution in [2.45, 2.75) is 4.90 Å². The van der Waals surface area contributed by atoms with Gasteiger partial charge in [-0.2, -0.15) is 0 Å². The molecule has 0 aliphatic heterocycles. The summed E-state index contributed by atoms with van der Waals surface area (Å²) in [5, 5.41) is -0.894. The Morgan fingerprint density at radius 1 is 0.909 bits per heavy atom. The second kappa shape index (κ2) is 6.99. The Balaban J connectivity index is 2.47. The van der Waals surface area contributed by atoms with E-state index in [0.717, 1.165) is 7.14 Å². The maximum Gasteiger partial charge on any atom is 0.456 e. The van der Waals surface area contributed by atoms with Gasteiger partial charge in [0.05, 0.1) is 4.90 Å². The fraction of sp³-hybridized carbons (Fsp3) is 0. The molecule has 2 aromatic carbocycles. The monoisotopic (exact) mass is 538 g/mol. The first-order valence-corrected chi connectivity index (χ1v) is 9.53. The number of carbonyl (C=O) groups excluding carboxylic acids is 1. The van der Waals surface area contributed by atoms with E-state index in [1.54, 1.807) is 24.3 Å². The summed E-state index contributed by atoms with van der Waals surface area (Å²) < 4.78 is 26.6. The molecule has 0 heterocycles. The minimum absolute atomic E-state index is 0.0976. The summed E-state index contributed by atoms with van der Waals surface area (Å²) in [5.41, 5.74) is 9.19. The summed E-state index contributed by atoms with van der Waals surface area (Å²) in [5.74, 6) is -0.850. The zero-order chi connectivity index (χ0) is 16.3. The zero-order valence-corrected chi connectivity index (χ0v) is 16.0. The van der Waals surface area contributed by atoms with Crippen LogP contribution in [0.1, 0.15) is 10.4 Å². The van der Waals surface area contributed by atoms with Crippen LogP contribution < -0.4 is 0 Å². The first-order valence-electron chi connectivity index (χ1n) is 5.89. The summed E-state index contributed by atoms with van der Waals surface area (Å²) in [6, 6.07) is 12.2. The molecule has 22 heavy (non-hydrogen) atoms. The standard InChI is InChI=1S/C14H8I2N2O3S/c15-10-3-1-9(2-4-10)13(19)14(18-17)22(20,21)12-7-5-11(16)6-8-12/h1-8H. The van der Waals surface area contributed by atoms with Gasteiger partial charge in [0.2, 0.25) is 0 Å². The lowest BCUT2D eigenvalue weighted by Gasteiger charge is -2.01. The van der Waals surface area contributed by atoms with Crippen molar-refractivity contribution in [2.75, 3.05) is 0 Å². The van der Waals surface area contributed by atoms with E-state index >= 15 is 0 Å². The van der Waals surface area contributed by atoms with Crippen molar-refractivity contribution in [1.82, 2.24) is 0 Å². The predicted molar refractivity (Wildman–Crippen MR) is 98.5 cm³/mol. The smallest absolute Gasteiger partial charge is 0.360 e. The van der Waals surface area contributed by atoms with E-state index < -0.39 is 20.7 Å². The van der Waals surface area contributed by atoms with Crippen LogP contribution in [0.25, 0.3) is 5.53 Å². The highest BCUT2D eigenvalue weighted by atomic mass is 127. The number of hydrogen-bond donors (Lipinski definition) is 0. The molecule has 0 aliphatic carbocycles. The van der Waals surface area contributed by atoms with E-state index in [1.807, 2.05) is 22.6 Å². The Hall–Kier alpha value is -1.10. The van der Waals surface area contributed by atoms with Gasteiger partial charge >= 0.3 is 5.04 Å². The highest BCUT2D eigenvalue weighted by Gasteiger charge is 2.38. The molecule has 0 radical (unpaired) electrons. The fourth-order valence-corrected chi connectivity index (χ4v) is 3.58. The van der Waals surface area contributed by atoms with Gasteiger partial charge in [0.25, 0.3) is 15.6 Å². The molecule has 5 nitrogen and oxygen atoms in total. The number of ketones is 1. The number of halogens is 2. The Morgan fingerprint density at radius 3 is 1.82 bits per heavy atom. The van der Waals surface area contributed by atoms with Gasteiger partial charge in [-0.05, 0) is 93.7 Å². The lowest BCUT2D eigenvalue weighted by atomic mass is 10.1. The van der Waals surface area contributed by atoms with Crippen molar-refractivity contribution in [3.05, 3.63) is 66.8 Å². The van der Waals surface area contributed by atoms with Crippen LogP contribution in [0.15, 0.2) is 53.4 Å². The van der Waals surface area contributed by atoms with Crippen LogP contribution in [0.4, 0.5) is 0 Å². The highest BCUT2D eigenvalue weighted by molar-refractivity contribution is 14.1. The molecule has 2 rings (SSSR count). The summed E-state index contributed by atoms with van der Waals surface area (Å²) in [6.45, 7) is 0. The second-order valence-corrected chi connectivity index (χ2v) is 8.55. The van der Waals surface area contributed by atoms with Crippen molar-refractivity contribution in [1.29, 1.82) is 0 Å². The lowest BCUT2D eigenvalue weighted by molar-refractivity contribution is -0.00158. The van der Waals surface area contributed by atoms with Crippen LogP contribution in [0.2, 0.25) is 0 Å². The van der Waals surface area contributed by atoms with Crippen LogP contribution in [-0.4, -0.2) is 24.0 Å². The van der Waals surface area contributed by atoms with E-state index in [0.29, 0.717) is 0 Å². The number of rotatable bonds is 3. The molecule has 0 N–H and O–H groups in total. The number of nitrogens with zero attached hydrogens (tertiary/aromatic N) is 2. The topological polar surface area (TPSA) is 87.6 Å². The molecule has 0 amide bonds. The van der Waals surface area contributed by atoms with E-state index in [9.17, 15) is 13.2 Å². The van der Waals surface area contributed by atoms with Crippen LogP contribution in [0.3, 0.4) is 0 Å². The summed E-state index contributed by atoms with van der Waals surface area (Å²) in [7, 11) is -4.18. The Morgan fingerprint density at radius 2 is 1.36 bits per heavy atom. The molecule has 2 aromatic rings. The summed E-state index contributed by atoms with van der Waals surface area (Å²) in [6.07, 6.45) is 0. The molecular weight excluding hydrogens is 530 g/mol. The number of sulfone groups is 1. The molecule has 0 saturated heterocycles. The van der Waals surface area contributed by atoms with Gasteiger partial charge in [-0.15, -0.1) is 4.79 Å². The van der Waals surface area contributed by atoms with E-state index in [-0.39, 0.29) is 10.5 Å². The van der Waals surface area contributed by atoms with Gasteiger partial charge in [0.1, 0.15) is 0 Å². The molecule has 0 unspecified atom stereocenters. The van der Waals surface area contributed by atoms with Gasteiger partial charge in [-0.1, -0.05) is 0 Å². The van der Waals surface area contributed by atoms with Gasteiger partial charge < -0.3 is 5.53 Å². The van der Waals surface area contributed by atoms with Crippen molar-refractivity contribution in [3.63, 3.8) is 0 Å². The molecule has 0 bridgehead atoms. The number of Topliss-reactive ketones (excluding diaryl/α,β-unsaturated/α-hetero) is 1. The van der Waals surface area contributed by atoms with E-state index in [4.69, 9.17) is 5.53 Å². The maximum absolute atomic E-state index is 12.4. The summed E-state index contributed by atoms with van der Waals surface area (Å²) in [4.78, 5) is 14.9. The number of benzene rings is 2. The Bertz CT molecular complexity index is 869. The van der Waals surface area contributed by atoms with Crippen LogP contribution in [0, 0.1) is 7.14 Å². The molecule has 0 atom stereocenters. The predicted octanol–water partition coefficient (Wildman–Crippen LogP) is 3.18. The molecule has 0 aliphatic rings. The van der Waals surface area contributed by atoms with Gasteiger partial charge in [-0.3, -0.25) is 4.79 Å². The minimum atomic E-state index is -4.18. The zero-order valence-electron chi connectivity index (χ0n) is 10.9. The molecule has 0 saturated carbocycles. The summed E-state index contributed by atoms with van der Waals surface area (Å²) >= 11 is 4.10. The Kier molecular flexibility index (Phi) is 5.48. The molecule has 0 spiro atoms. The first-order chi connectivity index (χ1) is 10.4. The third-order valence-electron chi connectivity index (χ3n) is 2.77. The largest absolute Gasteiger partial charge is 0.456 e. The number of hydrogen-bond acceptors (Lipinski definition) is 3. The van der Waals surface area contributed by atoms with Crippen molar-refractivity contribution in [2.24, 2.45) is 0 Å². The first kappa shape index (κ1) is 17.3. The SMILES string of the molecule is [N-]=[N+]=C(C(=O)c1ccc(I)cc1)S(=O)(=O)c1ccc(I)cc1. The van der Waals surface area contributed by atoms with Gasteiger partial charge in [0, 0.05) is 12.7 Å². The molecular formula is C14H8I2N2O3S. The second-order valence-electron chi connectivity index (χ2n) is 4.20. The molecule has 0 aromatic heterocycles.